The SMILES string of the molecule is C[C@@H](C(=O)N[C@@H](Cc1c[nH]c2cc(F)ccc12)C(=O)O)n1cccn1. The Labute approximate surface area is 142 Å². The van der Waals surface area contributed by atoms with E-state index in [0.717, 1.165) is 5.39 Å². The fraction of sp³-hybridized carbons (Fsp3) is 0.235. The lowest BCUT2D eigenvalue weighted by molar-refractivity contribution is -0.142. The molecule has 1 aromatic carbocycles. The molecule has 0 aliphatic rings. The van der Waals surface area contributed by atoms with Crippen LogP contribution in [0.5, 0.6) is 0 Å². The molecule has 2 aromatic heterocycles. The number of carboxylic acids is 1. The lowest BCUT2D eigenvalue weighted by atomic mass is 10.0. The average Bonchev–Trinajstić information content (AvgIpc) is 3.23. The molecule has 0 spiro atoms. The number of benzene rings is 1. The molecule has 8 heteroatoms. The summed E-state index contributed by atoms with van der Waals surface area (Å²) in [6, 6.07) is 4.19. The fourth-order valence-electron chi connectivity index (χ4n) is 2.67. The first kappa shape index (κ1) is 16.7. The smallest absolute Gasteiger partial charge is 0.326 e. The van der Waals surface area contributed by atoms with Crippen LogP contribution in [0.25, 0.3) is 10.9 Å². The highest BCUT2D eigenvalue weighted by molar-refractivity contribution is 5.87. The molecule has 130 valence electrons. The Morgan fingerprint density at radius 2 is 2.24 bits per heavy atom. The number of aromatic amines is 1. The van der Waals surface area contributed by atoms with Gasteiger partial charge < -0.3 is 15.4 Å². The molecule has 3 N–H and O–H groups in total. The van der Waals surface area contributed by atoms with Crippen molar-refractivity contribution in [2.75, 3.05) is 0 Å². The van der Waals surface area contributed by atoms with Crippen LogP contribution in [-0.2, 0) is 16.0 Å². The average molecular weight is 344 g/mol. The normalized spacial score (nSPS) is 13.5. The van der Waals surface area contributed by atoms with Crippen molar-refractivity contribution in [2.24, 2.45) is 0 Å². The molecule has 1 amide bonds. The fourth-order valence-corrected chi connectivity index (χ4v) is 2.67. The van der Waals surface area contributed by atoms with Crippen LogP contribution in [-0.4, -0.2) is 37.8 Å². The molecule has 7 nitrogen and oxygen atoms in total. The molecule has 0 aliphatic carbocycles. The van der Waals surface area contributed by atoms with Crippen molar-refractivity contribution in [3.63, 3.8) is 0 Å². The zero-order valence-electron chi connectivity index (χ0n) is 13.4. The number of aromatic nitrogens is 3. The van der Waals surface area contributed by atoms with Crippen molar-refractivity contribution in [1.82, 2.24) is 20.1 Å². The maximum Gasteiger partial charge on any atom is 0.326 e. The quantitative estimate of drug-likeness (QED) is 0.635. The Kier molecular flexibility index (Phi) is 4.51. The van der Waals surface area contributed by atoms with E-state index in [0.29, 0.717) is 11.1 Å². The number of nitrogens with one attached hydrogen (secondary N) is 2. The Morgan fingerprint density at radius 1 is 1.44 bits per heavy atom. The molecule has 0 unspecified atom stereocenters. The number of hydrogen-bond donors (Lipinski definition) is 3. The Bertz CT molecular complexity index is 904. The predicted octanol–water partition coefficient (Wildman–Crippen LogP) is 1.88. The maximum atomic E-state index is 13.3. The number of aliphatic carboxylic acids is 1. The molecule has 3 aromatic rings. The number of carbonyl (C=O) groups is 2. The number of hydrogen-bond acceptors (Lipinski definition) is 3. The highest BCUT2D eigenvalue weighted by Crippen LogP contribution is 2.20. The number of H-pyrrole nitrogens is 1. The van der Waals surface area contributed by atoms with Gasteiger partial charge in [0, 0.05) is 35.9 Å². The van der Waals surface area contributed by atoms with Crippen molar-refractivity contribution < 1.29 is 19.1 Å². The summed E-state index contributed by atoms with van der Waals surface area (Å²) in [5.41, 5.74) is 1.27. The van der Waals surface area contributed by atoms with Crippen molar-refractivity contribution in [1.29, 1.82) is 0 Å². The predicted molar refractivity (Wildman–Crippen MR) is 88.5 cm³/mol. The van der Waals surface area contributed by atoms with Crippen LogP contribution in [0.4, 0.5) is 4.39 Å². The molecule has 0 fully saturated rings. The summed E-state index contributed by atoms with van der Waals surface area (Å²) in [4.78, 5) is 26.8. The van der Waals surface area contributed by atoms with Gasteiger partial charge in [-0.3, -0.25) is 9.48 Å². The minimum atomic E-state index is -1.14. The van der Waals surface area contributed by atoms with Crippen LogP contribution in [0.15, 0.2) is 42.9 Å². The monoisotopic (exact) mass is 344 g/mol. The number of amides is 1. The summed E-state index contributed by atoms with van der Waals surface area (Å²) in [7, 11) is 0. The number of rotatable bonds is 6. The summed E-state index contributed by atoms with van der Waals surface area (Å²) in [5, 5.41) is 16.7. The molecule has 25 heavy (non-hydrogen) atoms. The van der Waals surface area contributed by atoms with Crippen LogP contribution in [0.1, 0.15) is 18.5 Å². The molecule has 0 saturated heterocycles. The van der Waals surface area contributed by atoms with E-state index in [4.69, 9.17) is 0 Å². The van der Waals surface area contributed by atoms with Crippen molar-refractivity contribution in [3.8, 4) is 0 Å². The van der Waals surface area contributed by atoms with Crippen LogP contribution in [0, 0.1) is 5.82 Å². The number of carboxylic acid groups (broad SMARTS) is 1. The van der Waals surface area contributed by atoms with Gasteiger partial charge in [0.15, 0.2) is 0 Å². The van der Waals surface area contributed by atoms with Gasteiger partial charge in [-0.2, -0.15) is 5.10 Å². The summed E-state index contributed by atoms with van der Waals surface area (Å²) in [5.74, 6) is -1.96. The molecule has 0 aliphatic heterocycles. The summed E-state index contributed by atoms with van der Waals surface area (Å²) >= 11 is 0. The van der Waals surface area contributed by atoms with Gasteiger partial charge >= 0.3 is 5.97 Å². The topological polar surface area (TPSA) is 100 Å². The largest absolute Gasteiger partial charge is 0.480 e. The third-order valence-corrected chi connectivity index (χ3v) is 4.07. The Balaban J connectivity index is 1.77. The minimum absolute atomic E-state index is 0.0819. The summed E-state index contributed by atoms with van der Waals surface area (Å²) in [6.07, 6.45) is 4.89. The van der Waals surface area contributed by atoms with Crippen LogP contribution in [0.2, 0.25) is 0 Å². The molecule has 0 radical (unpaired) electrons. The highest BCUT2D eigenvalue weighted by atomic mass is 19.1. The second-order valence-electron chi connectivity index (χ2n) is 5.77. The maximum absolute atomic E-state index is 13.3. The van der Waals surface area contributed by atoms with Gasteiger partial charge in [-0.1, -0.05) is 0 Å². The number of halogens is 1. The lowest BCUT2D eigenvalue weighted by Crippen LogP contribution is -2.45. The van der Waals surface area contributed by atoms with E-state index in [1.165, 1.54) is 16.8 Å². The third-order valence-electron chi connectivity index (χ3n) is 4.07. The van der Waals surface area contributed by atoms with E-state index in [2.05, 4.69) is 15.4 Å². The number of carbonyl (C=O) groups excluding carboxylic acids is 1. The highest BCUT2D eigenvalue weighted by Gasteiger charge is 2.25. The second-order valence-corrected chi connectivity index (χ2v) is 5.77. The first-order valence-corrected chi connectivity index (χ1v) is 7.73. The number of fused-ring (bicyclic) bond motifs is 1. The molecular weight excluding hydrogens is 327 g/mol. The van der Waals surface area contributed by atoms with Crippen molar-refractivity contribution in [3.05, 3.63) is 54.2 Å². The van der Waals surface area contributed by atoms with Crippen LogP contribution < -0.4 is 5.32 Å². The minimum Gasteiger partial charge on any atom is -0.480 e. The van der Waals surface area contributed by atoms with E-state index in [9.17, 15) is 19.1 Å². The zero-order chi connectivity index (χ0) is 18.0. The van der Waals surface area contributed by atoms with Gasteiger partial charge in [0.25, 0.3) is 0 Å². The van der Waals surface area contributed by atoms with E-state index in [1.807, 2.05) is 0 Å². The van der Waals surface area contributed by atoms with Crippen LogP contribution in [0.3, 0.4) is 0 Å². The molecule has 2 heterocycles. The lowest BCUT2D eigenvalue weighted by Gasteiger charge is -2.18. The standard InChI is InChI=1S/C17H17FN4O3/c1-10(22-6-2-5-20-22)16(23)21-15(17(24)25)7-11-9-19-14-8-12(18)3-4-13(11)14/h2-6,8-10,15,19H,7H2,1H3,(H,21,23)(H,24,25)/t10-,15-/m0/s1. The van der Waals surface area contributed by atoms with Crippen molar-refractivity contribution >= 4 is 22.8 Å². The summed E-state index contributed by atoms with van der Waals surface area (Å²) in [6.45, 7) is 1.63. The van der Waals surface area contributed by atoms with Crippen LogP contribution >= 0.6 is 0 Å². The van der Waals surface area contributed by atoms with E-state index >= 15 is 0 Å². The molecular formula is C17H17FN4O3. The first-order chi connectivity index (χ1) is 12.0. The van der Waals surface area contributed by atoms with Crippen molar-refractivity contribution in [2.45, 2.75) is 25.4 Å². The summed E-state index contributed by atoms with van der Waals surface area (Å²) < 4.78 is 14.7. The molecule has 0 saturated carbocycles. The van der Waals surface area contributed by atoms with Gasteiger partial charge in [-0.25, -0.2) is 9.18 Å². The third kappa shape index (κ3) is 3.52. The van der Waals surface area contributed by atoms with Gasteiger partial charge in [-0.05, 0) is 36.8 Å². The zero-order valence-corrected chi connectivity index (χ0v) is 13.4. The van der Waals surface area contributed by atoms with E-state index in [1.54, 1.807) is 37.6 Å². The molecule has 2 atom stereocenters. The van der Waals surface area contributed by atoms with Gasteiger partial charge in [0.2, 0.25) is 5.91 Å². The molecule has 0 bridgehead atoms. The van der Waals surface area contributed by atoms with E-state index < -0.39 is 24.0 Å². The van der Waals surface area contributed by atoms with Gasteiger partial charge in [-0.15, -0.1) is 0 Å². The Hall–Kier alpha value is -3.16. The van der Waals surface area contributed by atoms with Gasteiger partial charge in [0.05, 0.1) is 0 Å². The number of nitrogens with zero attached hydrogens (tertiary/aromatic N) is 2. The molecule has 3 rings (SSSR count). The second kappa shape index (κ2) is 6.76. The van der Waals surface area contributed by atoms with E-state index in [-0.39, 0.29) is 12.2 Å². The van der Waals surface area contributed by atoms with Gasteiger partial charge in [0.1, 0.15) is 17.9 Å². The Morgan fingerprint density at radius 3 is 2.92 bits per heavy atom. The first-order valence-electron chi connectivity index (χ1n) is 7.73.